The zero-order valence-corrected chi connectivity index (χ0v) is 48.6. The van der Waals surface area contributed by atoms with Crippen LogP contribution in [0.4, 0.5) is 0 Å². The molecule has 0 saturated carbocycles. The fourth-order valence-electron chi connectivity index (χ4n) is 7.31. The quantitative estimate of drug-likeness (QED) is 0.0195. The van der Waals surface area contributed by atoms with E-state index in [1.807, 2.05) is 21.1 Å². The summed E-state index contributed by atoms with van der Waals surface area (Å²) in [5.41, 5.74) is 0. The van der Waals surface area contributed by atoms with Gasteiger partial charge in [-0.05, 0) is 116 Å². The van der Waals surface area contributed by atoms with Crippen molar-refractivity contribution in [1.82, 2.24) is 0 Å². The van der Waals surface area contributed by atoms with Gasteiger partial charge in [0.05, 0.1) is 40.3 Å². The molecule has 76 heavy (non-hydrogen) atoms. The molecule has 0 aromatic carbocycles. The van der Waals surface area contributed by atoms with Crippen molar-refractivity contribution < 1.29 is 42.9 Å². The number of aliphatic carboxylic acids is 1. The Morgan fingerprint density at radius 1 is 0.408 bits per heavy atom. The second-order valence-corrected chi connectivity index (χ2v) is 20.2. The predicted molar refractivity (Wildman–Crippen MR) is 319 cm³/mol. The first-order chi connectivity index (χ1) is 37.1. The number of esters is 2. The molecule has 0 aromatic rings. The highest BCUT2D eigenvalue weighted by Gasteiger charge is 2.22. The maximum Gasteiger partial charge on any atom is 0.306 e. The van der Waals surface area contributed by atoms with Gasteiger partial charge >= 0.3 is 11.9 Å². The van der Waals surface area contributed by atoms with Crippen LogP contribution in [-0.4, -0.2) is 82.3 Å². The van der Waals surface area contributed by atoms with Gasteiger partial charge in [0, 0.05) is 12.8 Å². The number of allylic oxidation sites excluding steroid dienone is 24. The highest BCUT2D eigenvalue weighted by molar-refractivity contribution is 5.70. The molecular formula is C67H107NO8. The number of hydrogen-bond donors (Lipinski definition) is 0. The number of ether oxygens (including phenoxy) is 4. The summed E-state index contributed by atoms with van der Waals surface area (Å²) in [4.78, 5) is 37.1. The van der Waals surface area contributed by atoms with Crippen LogP contribution in [0.2, 0.25) is 0 Å². The van der Waals surface area contributed by atoms with Crippen molar-refractivity contribution in [1.29, 1.82) is 0 Å². The Morgan fingerprint density at radius 2 is 0.750 bits per heavy atom. The lowest BCUT2D eigenvalue weighted by Gasteiger charge is -2.26. The van der Waals surface area contributed by atoms with E-state index in [0.29, 0.717) is 17.4 Å². The molecule has 0 aliphatic heterocycles. The Labute approximate surface area is 464 Å². The summed E-state index contributed by atoms with van der Waals surface area (Å²) < 4.78 is 22.6. The zero-order valence-electron chi connectivity index (χ0n) is 48.6. The van der Waals surface area contributed by atoms with Crippen molar-refractivity contribution in [2.75, 3.05) is 47.5 Å². The number of rotatable bonds is 52. The van der Waals surface area contributed by atoms with Crippen LogP contribution in [-0.2, 0) is 33.3 Å². The molecule has 9 heteroatoms. The average Bonchev–Trinajstić information content (AvgIpc) is 3.39. The molecule has 0 aliphatic rings. The van der Waals surface area contributed by atoms with Crippen molar-refractivity contribution in [2.45, 2.75) is 212 Å². The van der Waals surface area contributed by atoms with Gasteiger partial charge in [-0.1, -0.05) is 217 Å². The minimum Gasteiger partial charge on any atom is -0.545 e. The molecule has 0 radical (unpaired) electrons. The minimum atomic E-state index is -1.63. The van der Waals surface area contributed by atoms with Crippen molar-refractivity contribution in [3.63, 3.8) is 0 Å². The molecule has 0 aromatic heterocycles. The summed E-state index contributed by atoms with van der Waals surface area (Å²) in [6.45, 7) is 4.51. The lowest BCUT2D eigenvalue weighted by molar-refractivity contribution is -0.870. The Bertz CT molecular complexity index is 1750. The number of nitrogens with zero attached hydrogens (tertiary/aromatic N) is 1. The third-order valence-electron chi connectivity index (χ3n) is 11.8. The monoisotopic (exact) mass is 1050 g/mol. The van der Waals surface area contributed by atoms with Gasteiger partial charge < -0.3 is 33.3 Å². The van der Waals surface area contributed by atoms with Crippen molar-refractivity contribution in [3.05, 3.63) is 146 Å². The maximum atomic E-state index is 12.8. The molecular weight excluding hydrogens is 947 g/mol. The zero-order chi connectivity index (χ0) is 55.5. The third-order valence-corrected chi connectivity index (χ3v) is 11.8. The van der Waals surface area contributed by atoms with E-state index in [4.69, 9.17) is 18.9 Å². The van der Waals surface area contributed by atoms with Crippen LogP contribution in [0.5, 0.6) is 0 Å². The number of carbonyl (C=O) groups excluding carboxylic acids is 3. The van der Waals surface area contributed by atoms with Crippen LogP contribution < -0.4 is 5.11 Å². The Hall–Kier alpha value is -4.83. The SMILES string of the molecule is CC/C=C\C/C=C\C/C=C\C/C=C\C/C=C\C/C=C\C/C=C\C/C=C\C/C=C\C/C=C\C/C=C\CCCCCCCCCC(=O)OC(COC(=O)CCCCCCC/C=C\CCC)COC(OCC[N+](C)(C)C)C(=O)[O-]. The fraction of sp³-hybridized carbons (Fsp3) is 0.597. The number of carboxylic acid groups (broad SMARTS) is 1. The predicted octanol–water partition coefficient (Wildman–Crippen LogP) is 16.3. The van der Waals surface area contributed by atoms with E-state index in [2.05, 4.69) is 160 Å². The van der Waals surface area contributed by atoms with Gasteiger partial charge in [0.25, 0.3) is 0 Å². The standard InChI is InChI=1S/C67H107NO8/c1-6-8-10-12-14-16-18-19-20-21-22-23-24-25-26-27-28-29-30-31-32-33-34-35-36-37-38-39-40-41-42-43-44-45-46-47-48-50-52-54-56-58-65(70)76-63(62-75-67(66(71)72)73-60-59-68(3,4)5)61-74-64(69)57-55-53-51-49-17-15-13-11-9-7-2/h8,10-11,13-14,16,19-20,22-23,25-26,28-29,31-32,34-35,37-38,40-41,43-44,63,67H,6-7,9,12,15,17-18,21,24,27,30,33,36,39,42,45-62H2,1-5H3/b10-8-,13-11-,16-14-,20-19-,23-22-,26-25-,29-28-,32-31-,35-34-,38-37-,41-40-,44-43-. The summed E-state index contributed by atoms with van der Waals surface area (Å²) >= 11 is 0. The summed E-state index contributed by atoms with van der Waals surface area (Å²) in [5, 5.41) is 11.7. The first-order valence-corrected chi connectivity index (χ1v) is 29.5. The fourth-order valence-corrected chi connectivity index (χ4v) is 7.31. The molecule has 9 nitrogen and oxygen atoms in total. The molecule has 0 aliphatic carbocycles. The number of likely N-dealkylation sites (N-methyl/N-ethyl adjacent to an activating group) is 1. The average molecular weight is 1050 g/mol. The maximum absolute atomic E-state index is 12.8. The summed E-state index contributed by atoms with van der Waals surface area (Å²) in [7, 11) is 5.89. The molecule has 0 heterocycles. The van der Waals surface area contributed by atoms with E-state index in [-0.39, 0.29) is 38.6 Å². The number of carboxylic acids is 1. The van der Waals surface area contributed by atoms with Crippen molar-refractivity contribution >= 4 is 17.9 Å². The van der Waals surface area contributed by atoms with E-state index in [1.54, 1.807) is 0 Å². The van der Waals surface area contributed by atoms with Gasteiger partial charge in [-0.3, -0.25) is 9.59 Å². The molecule has 2 unspecified atom stereocenters. The number of hydrogen-bond acceptors (Lipinski definition) is 8. The second kappa shape index (κ2) is 56.4. The molecule has 0 fully saturated rings. The summed E-state index contributed by atoms with van der Waals surface area (Å²) in [6.07, 6.45) is 79.2. The van der Waals surface area contributed by atoms with Crippen molar-refractivity contribution in [3.8, 4) is 0 Å². The van der Waals surface area contributed by atoms with Crippen LogP contribution >= 0.6 is 0 Å². The normalized spacial score (nSPS) is 13.9. The molecule has 0 bridgehead atoms. The molecule has 0 rings (SSSR count). The smallest absolute Gasteiger partial charge is 0.306 e. The summed E-state index contributed by atoms with van der Waals surface area (Å²) in [6, 6.07) is 0. The molecule has 0 spiro atoms. The molecule has 428 valence electrons. The van der Waals surface area contributed by atoms with Crippen LogP contribution in [0.15, 0.2) is 146 Å². The van der Waals surface area contributed by atoms with Gasteiger partial charge in [-0.2, -0.15) is 0 Å². The van der Waals surface area contributed by atoms with Crippen molar-refractivity contribution in [2.24, 2.45) is 0 Å². The van der Waals surface area contributed by atoms with Crippen LogP contribution in [0.1, 0.15) is 200 Å². The first kappa shape index (κ1) is 71.2. The molecule has 0 N–H and O–H groups in total. The Kier molecular flexibility index (Phi) is 52.8. The number of quaternary nitrogens is 1. The Morgan fingerprint density at radius 3 is 1.13 bits per heavy atom. The van der Waals surface area contributed by atoms with Gasteiger partial charge in [0.15, 0.2) is 12.4 Å². The molecule has 0 amide bonds. The minimum absolute atomic E-state index is 0.137. The van der Waals surface area contributed by atoms with E-state index in [9.17, 15) is 19.5 Å². The van der Waals surface area contributed by atoms with E-state index < -0.39 is 24.3 Å². The highest BCUT2D eigenvalue weighted by Crippen LogP contribution is 2.13. The van der Waals surface area contributed by atoms with E-state index >= 15 is 0 Å². The first-order valence-electron chi connectivity index (χ1n) is 29.5. The lowest BCUT2D eigenvalue weighted by Crippen LogP contribution is -2.44. The lowest BCUT2D eigenvalue weighted by atomic mass is 10.1. The third kappa shape index (κ3) is 56.9. The van der Waals surface area contributed by atoms with Crippen LogP contribution in [0, 0.1) is 0 Å². The number of carbonyl (C=O) groups is 3. The largest absolute Gasteiger partial charge is 0.545 e. The van der Waals surface area contributed by atoms with Crippen LogP contribution in [0.25, 0.3) is 0 Å². The number of unbranched alkanes of at least 4 members (excludes halogenated alkanes) is 13. The Balaban J connectivity index is 4.15. The topological polar surface area (TPSA) is 111 Å². The molecule has 0 saturated heterocycles. The van der Waals surface area contributed by atoms with Gasteiger partial charge in [0.2, 0.25) is 0 Å². The van der Waals surface area contributed by atoms with E-state index in [1.165, 1.54) is 25.7 Å². The van der Waals surface area contributed by atoms with Crippen LogP contribution in [0.3, 0.4) is 0 Å². The van der Waals surface area contributed by atoms with E-state index in [0.717, 1.165) is 141 Å². The second-order valence-electron chi connectivity index (χ2n) is 20.2. The summed E-state index contributed by atoms with van der Waals surface area (Å²) in [5.74, 6) is -2.33. The highest BCUT2D eigenvalue weighted by atomic mass is 16.7. The van der Waals surface area contributed by atoms with Gasteiger partial charge in [0.1, 0.15) is 13.2 Å². The van der Waals surface area contributed by atoms with Gasteiger partial charge in [-0.15, -0.1) is 0 Å². The van der Waals surface area contributed by atoms with Gasteiger partial charge in [-0.25, -0.2) is 0 Å². The molecule has 2 atom stereocenters.